The average molecular weight is 436 g/mol. The van der Waals surface area contributed by atoms with E-state index < -0.39 is 10.0 Å². The third-order valence-electron chi connectivity index (χ3n) is 6.18. The molecule has 164 valence electrons. The second kappa shape index (κ2) is 8.55. The first-order valence-electron chi connectivity index (χ1n) is 10.7. The van der Waals surface area contributed by atoms with E-state index in [0.717, 1.165) is 45.2 Å². The van der Waals surface area contributed by atoms with Crippen molar-refractivity contribution in [2.24, 2.45) is 5.92 Å². The van der Waals surface area contributed by atoms with Crippen LogP contribution in [0.1, 0.15) is 44.1 Å². The standard InChI is InChI=1S/C21H29N3O5S/c1-15-11-17-18(29-14-20(25)22-17)12-19(15)30(27,28)24-10-6-7-16(13-24)21(26)23-8-4-2-3-5-9-23/h11-12,16H,2-10,13-14H2,1H3,(H,22,25)/t16-/m0/s1. The van der Waals surface area contributed by atoms with E-state index in [1.54, 1.807) is 13.0 Å². The van der Waals surface area contributed by atoms with Crippen LogP contribution in [-0.4, -0.2) is 62.2 Å². The highest BCUT2D eigenvalue weighted by molar-refractivity contribution is 7.89. The molecule has 2 fully saturated rings. The third kappa shape index (κ3) is 4.18. The number of carbonyl (C=O) groups excluding carboxylic acids is 2. The lowest BCUT2D eigenvalue weighted by Crippen LogP contribution is -2.47. The summed E-state index contributed by atoms with van der Waals surface area (Å²) >= 11 is 0. The van der Waals surface area contributed by atoms with Crippen LogP contribution in [0.25, 0.3) is 0 Å². The zero-order valence-electron chi connectivity index (χ0n) is 17.4. The van der Waals surface area contributed by atoms with Gasteiger partial charge < -0.3 is 15.0 Å². The minimum absolute atomic E-state index is 0.0880. The molecule has 0 saturated carbocycles. The molecule has 3 aliphatic heterocycles. The molecule has 4 rings (SSSR count). The summed E-state index contributed by atoms with van der Waals surface area (Å²) in [6, 6.07) is 3.11. The van der Waals surface area contributed by atoms with Gasteiger partial charge in [0.2, 0.25) is 15.9 Å². The van der Waals surface area contributed by atoms with Crippen LogP contribution in [0.2, 0.25) is 0 Å². The van der Waals surface area contributed by atoms with E-state index in [4.69, 9.17) is 4.74 Å². The first-order valence-corrected chi connectivity index (χ1v) is 12.2. The molecule has 30 heavy (non-hydrogen) atoms. The van der Waals surface area contributed by atoms with Crippen LogP contribution in [0.5, 0.6) is 5.75 Å². The Morgan fingerprint density at radius 2 is 1.83 bits per heavy atom. The molecule has 1 aromatic rings. The molecule has 9 heteroatoms. The fourth-order valence-electron chi connectivity index (χ4n) is 4.54. The van der Waals surface area contributed by atoms with Gasteiger partial charge in [0, 0.05) is 32.2 Å². The van der Waals surface area contributed by atoms with Crippen molar-refractivity contribution in [2.45, 2.75) is 50.3 Å². The molecule has 1 N–H and O–H groups in total. The first-order chi connectivity index (χ1) is 14.4. The summed E-state index contributed by atoms with van der Waals surface area (Å²) in [5.41, 5.74) is 1.02. The van der Waals surface area contributed by atoms with Crippen molar-refractivity contribution in [3.8, 4) is 5.75 Å². The summed E-state index contributed by atoms with van der Waals surface area (Å²) in [6.45, 7) is 3.74. The number of rotatable bonds is 3. The monoisotopic (exact) mass is 435 g/mol. The van der Waals surface area contributed by atoms with E-state index in [0.29, 0.717) is 30.0 Å². The molecule has 0 radical (unpaired) electrons. The molecule has 2 saturated heterocycles. The fourth-order valence-corrected chi connectivity index (χ4v) is 6.29. The lowest BCUT2D eigenvalue weighted by Gasteiger charge is -2.34. The number of nitrogens with zero attached hydrogens (tertiary/aromatic N) is 2. The number of ether oxygens (including phenoxy) is 1. The van der Waals surface area contributed by atoms with Crippen molar-refractivity contribution in [1.82, 2.24) is 9.21 Å². The molecular weight excluding hydrogens is 406 g/mol. The quantitative estimate of drug-likeness (QED) is 0.785. The normalized spacial score (nSPS) is 23.2. The maximum atomic E-state index is 13.4. The molecular formula is C21H29N3O5S. The summed E-state index contributed by atoms with van der Waals surface area (Å²) in [5, 5.41) is 2.70. The van der Waals surface area contributed by atoms with Crippen molar-refractivity contribution in [3.05, 3.63) is 17.7 Å². The van der Waals surface area contributed by atoms with Crippen LogP contribution < -0.4 is 10.1 Å². The smallest absolute Gasteiger partial charge is 0.262 e. The number of nitrogens with one attached hydrogen (secondary N) is 1. The number of likely N-dealkylation sites (tertiary alicyclic amines) is 1. The number of anilines is 1. The molecule has 1 atom stereocenters. The van der Waals surface area contributed by atoms with Crippen LogP contribution in [-0.2, 0) is 19.6 Å². The Hall–Kier alpha value is -2.13. The molecule has 0 aromatic heterocycles. The van der Waals surface area contributed by atoms with Gasteiger partial charge in [-0.05, 0) is 44.2 Å². The Labute approximate surface area is 177 Å². The second-order valence-corrected chi connectivity index (χ2v) is 10.3. The fraction of sp³-hybridized carbons (Fsp3) is 0.619. The molecule has 0 bridgehead atoms. The Morgan fingerprint density at radius 3 is 2.57 bits per heavy atom. The summed E-state index contributed by atoms with van der Waals surface area (Å²) in [5.74, 6) is -0.110. The van der Waals surface area contributed by atoms with E-state index in [-0.39, 0.29) is 35.8 Å². The number of carbonyl (C=O) groups is 2. The number of hydrogen-bond donors (Lipinski definition) is 1. The van der Waals surface area contributed by atoms with Gasteiger partial charge in [0.05, 0.1) is 16.5 Å². The average Bonchev–Trinajstić information content (AvgIpc) is 3.02. The zero-order chi connectivity index (χ0) is 21.3. The first kappa shape index (κ1) is 21.1. The van der Waals surface area contributed by atoms with Crippen molar-refractivity contribution in [3.63, 3.8) is 0 Å². The van der Waals surface area contributed by atoms with E-state index in [9.17, 15) is 18.0 Å². The highest BCUT2D eigenvalue weighted by atomic mass is 32.2. The number of aryl methyl sites for hydroxylation is 1. The van der Waals surface area contributed by atoms with Gasteiger partial charge in [-0.25, -0.2) is 8.42 Å². The molecule has 0 aliphatic carbocycles. The number of hydrogen-bond acceptors (Lipinski definition) is 5. The number of piperidine rings is 1. The Balaban J connectivity index is 1.54. The van der Waals surface area contributed by atoms with E-state index in [2.05, 4.69) is 5.32 Å². The van der Waals surface area contributed by atoms with Crippen LogP contribution >= 0.6 is 0 Å². The SMILES string of the molecule is Cc1cc2c(cc1S(=O)(=O)N1CCC[C@H](C(=O)N3CCCCCC3)C1)OCC(=O)N2. The molecule has 1 aromatic carbocycles. The Kier molecular flexibility index (Phi) is 6.02. The lowest BCUT2D eigenvalue weighted by molar-refractivity contribution is -0.136. The van der Waals surface area contributed by atoms with E-state index in [1.807, 2.05) is 4.90 Å². The summed E-state index contributed by atoms with van der Waals surface area (Å²) in [4.78, 5) is 26.7. The maximum Gasteiger partial charge on any atom is 0.262 e. The highest BCUT2D eigenvalue weighted by Gasteiger charge is 2.36. The highest BCUT2D eigenvalue weighted by Crippen LogP contribution is 2.35. The molecule has 3 aliphatic rings. The Bertz CT molecular complexity index is 938. The molecule has 2 amide bonds. The van der Waals surface area contributed by atoms with Crippen LogP contribution in [0.15, 0.2) is 17.0 Å². The minimum atomic E-state index is -3.77. The number of amides is 2. The van der Waals surface area contributed by atoms with Gasteiger partial charge in [0.25, 0.3) is 5.91 Å². The van der Waals surface area contributed by atoms with Gasteiger partial charge >= 0.3 is 0 Å². The topological polar surface area (TPSA) is 96.0 Å². The van der Waals surface area contributed by atoms with E-state index in [1.165, 1.54) is 10.4 Å². The van der Waals surface area contributed by atoms with Crippen molar-refractivity contribution in [2.75, 3.05) is 38.1 Å². The summed E-state index contributed by atoms with van der Waals surface area (Å²) in [6.07, 6.45) is 5.72. The second-order valence-electron chi connectivity index (χ2n) is 8.39. The van der Waals surface area contributed by atoms with Crippen LogP contribution in [0, 0.1) is 12.8 Å². The maximum absolute atomic E-state index is 13.4. The molecule has 0 unspecified atom stereocenters. The van der Waals surface area contributed by atoms with Gasteiger partial charge in [-0.3, -0.25) is 9.59 Å². The van der Waals surface area contributed by atoms with Crippen molar-refractivity contribution in [1.29, 1.82) is 0 Å². The number of sulfonamides is 1. The largest absolute Gasteiger partial charge is 0.482 e. The third-order valence-corrected chi connectivity index (χ3v) is 8.19. The van der Waals surface area contributed by atoms with Gasteiger partial charge in [0.15, 0.2) is 6.61 Å². The van der Waals surface area contributed by atoms with Gasteiger partial charge in [-0.2, -0.15) is 4.31 Å². The molecule has 3 heterocycles. The van der Waals surface area contributed by atoms with Gasteiger partial charge in [-0.1, -0.05) is 12.8 Å². The molecule has 8 nitrogen and oxygen atoms in total. The van der Waals surface area contributed by atoms with Gasteiger partial charge in [0.1, 0.15) is 5.75 Å². The van der Waals surface area contributed by atoms with Crippen molar-refractivity contribution >= 4 is 27.5 Å². The summed E-state index contributed by atoms with van der Waals surface area (Å²) < 4.78 is 33.7. The van der Waals surface area contributed by atoms with Crippen LogP contribution in [0.3, 0.4) is 0 Å². The number of fused-ring (bicyclic) bond motifs is 1. The van der Waals surface area contributed by atoms with Crippen molar-refractivity contribution < 1.29 is 22.7 Å². The Morgan fingerprint density at radius 1 is 1.10 bits per heavy atom. The minimum Gasteiger partial charge on any atom is -0.482 e. The lowest BCUT2D eigenvalue weighted by atomic mass is 9.98. The zero-order valence-corrected chi connectivity index (χ0v) is 18.2. The summed E-state index contributed by atoms with van der Waals surface area (Å²) in [7, 11) is -3.77. The van der Waals surface area contributed by atoms with Crippen LogP contribution in [0.4, 0.5) is 5.69 Å². The predicted octanol–water partition coefficient (Wildman–Crippen LogP) is 2.13. The molecule has 0 spiro atoms. The van der Waals surface area contributed by atoms with Gasteiger partial charge in [-0.15, -0.1) is 0 Å². The van der Waals surface area contributed by atoms with E-state index >= 15 is 0 Å². The number of benzene rings is 1. The predicted molar refractivity (Wildman–Crippen MR) is 112 cm³/mol.